The summed E-state index contributed by atoms with van der Waals surface area (Å²) in [5, 5.41) is 5.11. The molecule has 33 heavy (non-hydrogen) atoms. The molecular formula is C23H17F4N3O3. The Morgan fingerprint density at radius 1 is 1.03 bits per heavy atom. The van der Waals surface area contributed by atoms with Crippen LogP contribution >= 0.6 is 0 Å². The lowest BCUT2D eigenvalue weighted by Gasteiger charge is -2.20. The minimum Gasteiger partial charge on any atom is -0.454 e. The second-order valence-electron chi connectivity index (χ2n) is 7.40. The number of benzene rings is 2. The molecule has 0 saturated heterocycles. The molecule has 2 N–H and O–H groups in total. The van der Waals surface area contributed by atoms with Gasteiger partial charge >= 0.3 is 12.2 Å². The standard InChI is InChI=1S/C23H17F4N3O3/c24-18-11-14(10-16(31)9-13-2-1-3-15(8-13)23(25,26)27)4-5-20(18)33-19-6-7-28-21-17(19)12-29-22(32)30-21/h1-8,11H,9-10,12H2,(H2,28,29,30,32). The van der Waals surface area contributed by atoms with E-state index in [2.05, 4.69) is 15.6 Å². The number of hydrogen-bond donors (Lipinski definition) is 2. The van der Waals surface area contributed by atoms with E-state index in [9.17, 15) is 27.2 Å². The molecule has 1 aliphatic rings. The predicted octanol–water partition coefficient (Wildman–Crippen LogP) is 5.02. The molecule has 2 heterocycles. The third-order valence-corrected chi connectivity index (χ3v) is 4.94. The highest BCUT2D eigenvalue weighted by molar-refractivity contribution is 5.91. The van der Waals surface area contributed by atoms with E-state index in [1.807, 2.05) is 0 Å². The van der Waals surface area contributed by atoms with Crippen LogP contribution in [0.2, 0.25) is 0 Å². The number of ketones is 1. The number of Topliss-reactive ketones (excluding diaryl/α,β-unsaturated/α-hetero) is 1. The van der Waals surface area contributed by atoms with Gasteiger partial charge in [0, 0.05) is 19.0 Å². The van der Waals surface area contributed by atoms with Gasteiger partial charge in [0.25, 0.3) is 0 Å². The summed E-state index contributed by atoms with van der Waals surface area (Å²) in [6, 6.07) is 9.70. The van der Waals surface area contributed by atoms with E-state index in [4.69, 9.17) is 4.74 Å². The van der Waals surface area contributed by atoms with Crippen molar-refractivity contribution in [2.24, 2.45) is 0 Å². The van der Waals surface area contributed by atoms with E-state index in [1.165, 1.54) is 36.5 Å². The van der Waals surface area contributed by atoms with Gasteiger partial charge < -0.3 is 10.1 Å². The number of nitrogens with zero attached hydrogens (tertiary/aromatic N) is 1. The van der Waals surface area contributed by atoms with Crippen LogP contribution in [0.15, 0.2) is 54.7 Å². The highest BCUT2D eigenvalue weighted by Crippen LogP contribution is 2.32. The summed E-state index contributed by atoms with van der Waals surface area (Å²) in [6.45, 7) is 0.161. The number of nitrogens with one attached hydrogen (secondary N) is 2. The first kappa shape index (κ1) is 22.3. The van der Waals surface area contributed by atoms with E-state index >= 15 is 0 Å². The SMILES string of the molecule is O=C(Cc1cccc(C(F)(F)F)c1)Cc1ccc(Oc2ccnc3c2CNC(=O)N3)c(F)c1. The number of halogens is 4. The summed E-state index contributed by atoms with van der Waals surface area (Å²) >= 11 is 0. The van der Waals surface area contributed by atoms with Crippen LogP contribution in [0.3, 0.4) is 0 Å². The molecule has 2 aromatic carbocycles. The van der Waals surface area contributed by atoms with Gasteiger partial charge in [-0.1, -0.05) is 24.3 Å². The molecule has 0 fully saturated rings. The minimum absolute atomic E-state index is 0.0885. The van der Waals surface area contributed by atoms with Crippen molar-refractivity contribution in [1.29, 1.82) is 0 Å². The number of hydrogen-bond acceptors (Lipinski definition) is 4. The summed E-state index contributed by atoms with van der Waals surface area (Å²) in [5.41, 5.74) is 0.325. The van der Waals surface area contributed by atoms with Gasteiger partial charge in [0.05, 0.1) is 17.7 Å². The van der Waals surface area contributed by atoms with Crippen molar-refractivity contribution in [1.82, 2.24) is 10.3 Å². The lowest BCUT2D eigenvalue weighted by atomic mass is 10.0. The Kier molecular flexibility index (Phi) is 5.99. The van der Waals surface area contributed by atoms with Crippen molar-refractivity contribution in [2.75, 3.05) is 5.32 Å². The number of carbonyl (C=O) groups excluding carboxylic acids is 2. The number of aromatic nitrogens is 1. The fraction of sp³-hybridized carbons (Fsp3) is 0.174. The molecule has 0 aliphatic carbocycles. The van der Waals surface area contributed by atoms with E-state index in [1.54, 1.807) is 0 Å². The second-order valence-corrected chi connectivity index (χ2v) is 7.40. The lowest BCUT2D eigenvalue weighted by Crippen LogP contribution is -2.34. The van der Waals surface area contributed by atoms with Gasteiger partial charge in [-0.05, 0) is 35.4 Å². The maximum Gasteiger partial charge on any atom is 0.416 e. The van der Waals surface area contributed by atoms with Crippen molar-refractivity contribution >= 4 is 17.6 Å². The van der Waals surface area contributed by atoms with Crippen molar-refractivity contribution in [3.05, 3.63) is 82.8 Å². The highest BCUT2D eigenvalue weighted by atomic mass is 19.4. The molecular weight excluding hydrogens is 442 g/mol. The zero-order valence-electron chi connectivity index (χ0n) is 17.0. The maximum absolute atomic E-state index is 14.6. The van der Waals surface area contributed by atoms with Crippen LogP contribution in [0, 0.1) is 5.82 Å². The Bertz CT molecular complexity index is 1230. The Hall–Kier alpha value is -3.95. The number of alkyl halides is 3. The molecule has 0 radical (unpaired) electrons. The third-order valence-electron chi connectivity index (χ3n) is 4.94. The average Bonchev–Trinajstić information content (AvgIpc) is 2.75. The first-order valence-corrected chi connectivity index (χ1v) is 9.86. The van der Waals surface area contributed by atoms with E-state index in [0.717, 1.165) is 18.2 Å². The van der Waals surface area contributed by atoms with Gasteiger partial charge in [0.1, 0.15) is 17.4 Å². The first-order valence-electron chi connectivity index (χ1n) is 9.86. The van der Waals surface area contributed by atoms with Crippen LogP contribution in [-0.2, 0) is 30.4 Å². The Labute approximate surface area is 185 Å². The van der Waals surface area contributed by atoms with Crippen LogP contribution in [0.5, 0.6) is 11.5 Å². The molecule has 4 rings (SSSR count). The normalized spacial score (nSPS) is 13.0. The third kappa shape index (κ3) is 5.28. The molecule has 0 bridgehead atoms. The summed E-state index contributed by atoms with van der Waals surface area (Å²) < 4.78 is 58.8. The predicted molar refractivity (Wildman–Crippen MR) is 110 cm³/mol. The number of rotatable bonds is 6. The Morgan fingerprint density at radius 2 is 1.79 bits per heavy atom. The van der Waals surface area contributed by atoms with Crippen LogP contribution in [0.4, 0.5) is 28.2 Å². The fourth-order valence-electron chi connectivity index (χ4n) is 3.40. The van der Waals surface area contributed by atoms with Crippen molar-refractivity contribution < 1.29 is 31.9 Å². The number of anilines is 1. The van der Waals surface area contributed by atoms with Gasteiger partial charge in [-0.25, -0.2) is 14.2 Å². The number of urea groups is 1. The zero-order valence-corrected chi connectivity index (χ0v) is 17.0. The van der Waals surface area contributed by atoms with Crippen molar-refractivity contribution in [2.45, 2.75) is 25.6 Å². The lowest BCUT2D eigenvalue weighted by molar-refractivity contribution is -0.137. The second kappa shape index (κ2) is 8.89. The number of fused-ring (bicyclic) bond motifs is 1. The minimum atomic E-state index is -4.49. The van der Waals surface area contributed by atoms with Crippen LogP contribution in [-0.4, -0.2) is 16.8 Å². The molecule has 3 aromatic rings. The van der Waals surface area contributed by atoms with Crippen molar-refractivity contribution in [3.8, 4) is 11.5 Å². The smallest absolute Gasteiger partial charge is 0.416 e. The van der Waals surface area contributed by atoms with E-state index in [-0.39, 0.29) is 36.5 Å². The largest absolute Gasteiger partial charge is 0.454 e. The van der Waals surface area contributed by atoms with Gasteiger partial charge in [-0.2, -0.15) is 13.2 Å². The molecule has 0 spiro atoms. The molecule has 0 unspecified atom stereocenters. The molecule has 2 amide bonds. The molecule has 1 aromatic heterocycles. The summed E-state index contributed by atoms with van der Waals surface area (Å²) in [6.07, 6.45) is -3.42. The van der Waals surface area contributed by atoms with Gasteiger partial charge in [-0.15, -0.1) is 0 Å². The topological polar surface area (TPSA) is 80.3 Å². The Balaban J connectivity index is 1.44. The Morgan fingerprint density at radius 3 is 2.52 bits per heavy atom. The summed E-state index contributed by atoms with van der Waals surface area (Å²) in [7, 11) is 0. The summed E-state index contributed by atoms with van der Waals surface area (Å²) in [5.74, 6) is -0.534. The van der Waals surface area contributed by atoms with E-state index in [0.29, 0.717) is 22.7 Å². The van der Waals surface area contributed by atoms with Gasteiger partial charge in [0.15, 0.2) is 11.6 Å². The maximum atomic E-state index is 14.6. The van der Waals surface area contributed by atoms with Crippen LogP contribution in [0.1, 0.15) is 22.3 Å². The number of ether oxygens (including phenoxy) is 1. The van der Waals surface area contributed by atoms with Gasteiger partial charge in [-0.3, -0.25) is 10.1 Å². The van der Waals surface area contributed by atoms with E-state index < -0.39 is 23.6 Å². The molecule has 170 valence electrons. The first-order chi connectivity index (χ1) is 15.7. The molecule has 10 heteroatoms. The highest BCUT2D eigenvalue weighted by Gasteiger charge is 2.30. The molecule has 0 saturated carbocycles. The fourth-order valence-corrected chi connectivity index (χ4v) is 3.40. The van der Waals surface area contributed by atoms with Crippen molar-refractivity contribution in [3.63, 3.8) is 0 Å². The van der Waals surface area contributed by atoms with Crippen LogP contribution in [0.25, 0.3) is 0 Å². The number of pyridine rings is 1. The number of amides is 2. The molecule has 6 nitrogen and oxygen atoms in total. The monoisotopic (exact) mass is 459 g/mol. The van der Waals surface area contributed by atoms with Crippen LogP contribution < -0.4 is 15.4 Å². The molecule has 1 aliphatic heterocycles. The summed E-state index contributed by atoms with van der Waals surface area (Å²) in [4.78, 5) is 27.8. The average molecular weight is 459 g/mol. The van der Waals surface area contributed by atoms with Gasteiger partial charge in [0.2, 0.25) is 0 Å². The number of carbonyl (C=O) groups is 2. The quantitative estimate of drug-likeness (QED) is 0.508. The molecule has 0 atom stereocenters. The zero-order chi connectivity index (χ0) is 23.6.